The number of carbonyl (C=O) groups excluding carboxylic acids is 4. The molecule has 32 nitrogen and oxygen atoms in total. The summed E-state index contributed by atoms with van der Waals surface area (Å²) < 4.78 is 56.4. The van der Waals surface area contributed by atoms with Crippen LogP contribution < -0.4 is 30.3 Å². The van der Waals surface area contributed by atoms with E-state index in [4.69, 9.17) is 77.5 Å². The van der Waals surface area contributed by atoms with Crippen molar-refractivity contribution in [2.75, 3.05) is 63.8 Å². The van der Waals surface area contributed by atoms with Gasteiger partial charge in [0.05, 0.1) is 21.5 Å². The topological polar surface area (TPSA) is 373 Å². The third-order valence-corrected chi connectivity index (χ3v) is 24.0. The van der Waals surface area contributed by atoms with E-state index in [1.807, 2.05) is 205 Å². The van der Waals surface area contributed by atoms with Gasteiger partial charge < -0.3 is 92.6 Å². The van der Waals surface area contributed by atoms with Crippen LogP contribution in [0, 0.1) is 10.7 Å². The molecule has 4 fully saturated rings. The van der Waals surface area contributed by atoms with Gasteiger partial charge in [0, 0.05) is 124 Å². The number of anilines is 2. The molecule has 0 spiro atoms. The minimum atomic E-state index is -0.504. The standard InChI is InChI=1S/C28H31N5O3.C16H20ClIN4O2.C16H22IN5O2.C16H23NO3.C12H10BO3.C6H3ClIN3.CH4.BHNS/c1-28(2,3)36-27(34)32-15-13-20(14-16-32)33-17-23(24-25(29)30-18-31-26(24)33)19-9-11-22(12-10-19)35-21-7-5-4-6-8-21;1-16(2,3)24-15(23)21-6-4-10(5-7-21)22-8-11(18)12-13(17)19-9-20-14(12)22;1-16(2,3)24-15(23)21-6-4-10(5-7-21)22-8-11(17)12-13(18)19-9-20-14(12)22;1-16(2,3)20-15(18)17-11-9-14(10-12-17)19-13-7-5-4-6-8-13;14-13-16-12-8-6-11(7-9-12)15-10-4-2-1-3-5-10;7-5-4-3(8)1-9-6(4)11-2-10-5;;1-2-3/h4-12,17-18,20H,13-16H2,1-3H3,(H2,29,30,31);8-10H,4-7H2,1-3H3;8-10H,4-7H2,1-3H3,(H2,18,19,20);4-8,14H,9-12H2,1-3H3;1-9,14H;1-2H,(H,9,10,11);1H4;3H. The molecule has 12 heterocycles. The third-order valence-electron chi connectivity index (χ3n) is 20.9. The molecule has 17 rings (SSSR count). The Morgan fingerprint density at radius 1 is 0.437 bits per heavy atom. The Hall–Kier alpha value is -10.5. The number of likely N-dealkylation sites (tertiary alicyclic amines) is 4. The van der Waals surface area contributed by atoms with Gasteiger partial charge in [-0.3, -0.25) is 0 Å². The molecule has 5 aromatic carbocycles. The van der Waals surface area contributed by atoms with E-state index in [1.54, 1.807) is 43.9 Å². The van der Waals surface area contributed by atoms with Crippen LogP contribution in [0.5, 0.6) is 34.5 Å². The first-order chi connectivity index (χ1) is 63.8. The number of carbonyl (C=O) groups is 4. The van der Waals surface area contributed by atoms with Crippen molar-refractivity contribution >= 4 is 199 Å². The summed E-state index contributed by atoms with van der Waals surface area (Å²) >= 11 is 21.9. The number of piperidine rings is 4. The Kier molecular flexibility index (Phi) is 39.0. The molecule has 8 aromatic heterocycles. The number of amides is 4. The van der Waals surface area contributed by atoms with Crippen molar-refractivity contribution < 1.29 is 62.0 Å². The molecular formula is C95H114B2Cl2I3N19O13S. The predicted octanol–water partition coefficient (Wildman–Crippen LogP) is 22.4. The van der Waals surface area contributed by atoms with Gasteiger partial charge >= 0.3 is 56.8 Å². The zero-order chi connectivity index (χ0) is 96.6. The number of hydrogen-bond acceptors (Lipinski definition) is 25. The Morgan fingerprint density at radius 2 is 0.756 bits per heavy atom. The van der Waals surface area contributed by atoms with Crippen LogP contribution in [0.1, 0.15) is 160 Å². The van der Waals surface area contributed by atoms with E-state index in [9.17, 15) is 19.2 Å². The number of ether oxygens (including phenoxy) is 7. The number of nitrogens with zero attached hydrogens (tertiary/aromatic N) is 16. The summed E-state index contributed by atoms with van der Waals surface area (Å²) in [4.78, 5) is 92.5. The summed E-state index contributed by atoms with van der Waals surface area (Å²) in [5.41, 5.74) is 15.7. The molecule has 714 valence electrons. The van der Waals surface area contributed by atoms with Crippen molar-refractivity contribution in [2.45, 2.75) is 189 Å². The number of H-pyrrole nitrogens is 1. The normalized spacial score (nSPS) is 14.4. The van der Waals surface area contributed by atoms with Crippen LogP contribution >= 0.6 is 104 Å². The van der Waals surface area contributed by atoms with Gasteiger partial charge in [-0.1, -0.05) is 97.4 Å². The van der Waals surface area contributed by atoms with Gasteiger partial charge in [-0.05, 0) is 268 Å². The number of nitrogen functional groups attached to an aromatic ring is 2. The van der Waals surface area contributed by atoms with Crippen molar-refractivity contribution in [3.8, 4) is 45.6 Å². The number of rotatable bonds is 12. The van der Waals surface area contributed by atoms with E-state index in [2.05, 4.69) is 170 Å². The van der Waals surface area contributed by atoms with Crippen LogP contribution in [0.2, 0.25) is 10.3 Å². The Morgan fingerprint density at radius 3 is 1.15 bits per heavy atom. The second kappa shape index (κ2) is 49.5. The van der Waals surface area contributed by atoms with Crippen LogP contribution in [-0.2, 0) is 18.9 Å². The monoisotopic (exact) mass is 2230 g/mol. The maximum atomic E-state index is 12.5. The number of thiol groups is 1. The summed E-state index contributed by atoms with van der Waals surface area (Å²) in [5.74, 6) is 5.45. The van der Waals surface area contributed by atoms with E-state index in [0.29, 0.717) is 99.8 Å². The SMILES string of the molecule is C.CC(C)(C)OC(=O)N1CCC(Oc2ccccc2)CC1.CC(C)(C)OC(=O)N1CCC(n2cc(-c3ccc(Oc4ccccc4)cc3)c3c(N)ncnc32)CC1.CC(C)(C)OC(=O)N1CCC(n2cc(I)c3c(Cl)ncnc32)CC1.CC(C)(C)OC(=O)N1CCC(n2cc(I)c3c(N)ncnc32)CC1.Clc1ncnc2[nH]cc(I)c12.O[B]Oc1ccc(Oc2ccccc2)cc1.[B]=NS. The fraction of sp³-hybridized carbons (Fsp3) is 0.389. The molecule has 40 heteroatoms. The molecule has 0 aliphatic carbocycles. The zero-order valence-corrected chi connectivity index (χ0v) is 85.5. The summed E-state index contributed by atoms with van der Waals surface area (Å²) in [6, 6.07) is 44.7. The number of aromatic amines is 1. The molecule has 0 unspecified atom stereocenters. The molecule has 2 radical (unpaired) electrons. The van der Waals surface area contributed by atoms with Crippen LogP contribution in [0.4, 0.5) is 30.8 Å². The molecular weight excluding hydrogens is 2120 g/mol. The molecule has 0 bridgehead atoms. The van der Waals surface area contributed by atoms with Crippen molar-refractivity contribution in [1.29, 1.82) is 0 Å². The number of hydrogen-bond donors (Lipinski definition) is 5. The molecule has 4 saturated heterocycles. The number of aromatic nitrogens is 12. The van der Waals surface area contributed by atoms with Crippen molar-refractivity contribution in [1.82, 2.24) is 78.2 Å². The fourth-order valence-electron chi connectivity index (χ4n) is 14.9. The second-order valence-electron chi connectivity index (χ2n) is 35.4. The molecule has 4 aliphatic heterocycles. The average Bonchev–Trinajstić information content (AvgIpc) is 1.60. The number of nitrogens with two attached hydrogens (primary N) is 2. The minimum absolute atomic E-state index is 0. The molecule has 4 amide bonds. The van der Waals surface area contributed by atoms with Gasteiger partial charge in [0.2, 0.25) is 0 Å². The van der Waals surface area contributed by atoms with Gasteiger partial charge in [-0.15, -0.1) is 0 Å². The van der Waals surface area contributed by atoms with E-state index in [1.165, 1.54) is 25.3 Å². The molecule has 135 heavy (non-hydrogen) atoms. The fourth-order valence-corrected chi connectivity index (χ4v) is 17.9. The van der Waals surface area contributed by atoms with Crippen LogP contribution in [0.3, 0.4) is 0 Å². The molecule has 0 saturated carbocycles. The predicted molar refractivity (Wildman–Crippen MR) is 557 cm³/mol. The van der Waals surface area contributed by atoms with E-state index in [0.717, 1.165) is 146 Å². The van der Waals surface area contributed by atoms with E-state index >= 15 is 0 Å². The van der Waals surface area contributed by atoms with Crippen LogP contribution in [-0.4, -0.2) is 204 Å². The van der Waals surface area contributed by atoms with Crippen LogP contribution in [0.15, 0.2) is 194 Å². The van der Waals surface area contributed by atoms with Gasteiger partial charge in [0.1, 0.15) is 133 Å². The first kappa shape index (κ1) is 107. The van der Waals surface area contributed by atoms with Crippen LogP contribution in [0.25, 0.3) is 55.3 Å². The summed E-state index contributed by atoms with van der Waals surface area (Å²) in [5, 5.41) is 13.0. The summed E-state index contributed by atoms with van der Waals surface area (Å²) in [7, 11) is 4.98. The molecule has 6 N–H and O–H groups in total. The van der Waals surface area contributed by atoms with Crippen molar-refractivity contribution in [3.05, 3.63) is 211 Å². The van der Waals surface area contributed by atoms with Gasteiger partial charge in [0.15, 0.2) is 0 Å². The maximum absolute atomic E-state index is 12.5. The number of benzene rings is 5. The first-order valence-electron chi connectivity index (χ1n) is 43.5. The summed E-state index contributed by atoms with van der Waals surface area (Å²) in [6.45, 7) is 27.9. The van der Waals surface area contributed by atoms with Gasteiger partial charge in [-0.25, -0.2) is 59.0 Å². The third kappa shape index (κ3) is 31.2. The van der Waals surface area contributed by atoms with Crippen molar-refractivity contribution in [3.63, 3.8) is 0 Å². The molecule has 13 aromatic rings. The Balaban J connectivity index is 0.000000171. The second-order valence-corrected chi connectivity index (χ2v) is 39.8. The number of fused-ring (bicyclic) bond motifs is 4. The Labute approximate surface area is 845 Å². The van der Waals surface area contributed by atoms with Gasteiger partial charge in [-0.2, -0.15) is 0 Å². The number of nitrogens with one attached hydrogen (secondary N) is 1. The first-order valence-corrected chi connectivity index (χ1v) is 47.9. The molecule has 0 atom stereocenters. The van der Waals surface area contributed by atoms with E-state index < -0.39 is 22.4 Å². The number of para-hydroxylation sites is 3. The Bertz CT molecular complexity index is 5900. The van der Waals surface area contributed by atoms with Gasteiger partial charge in [0.25, 0.3) is 0 Å². The van der Waals surface area contributed by atoms with Crippen molar-refractivity contribution in [2.24, 2.45) is 4.30 Å². The number of halogens is 5. The average molecular weight is 2240 g/mol. The quantitative estimate of drug-likeness (QED) is 0.0249. The molecule has 4 aliphatic rings. The van der Waals surface area contributed by atoms with E-state index in [-0.39, 0.29) is 43.9 Å². The summed E-state index contributed by atoms with van der Waals surface area (Å²) in [6.07, 6.45) is 20.0. The zero-order valence-electron chi connectivity index (χ0n) is 76.7.